The van der Waals surface area contributed by atoms with Crippen molar-refractivity contribution in [1.82, 2.24) is 4.98 Å². The van der Waals surface area contributed by atoms with Gasteiger partial charge in [0.15, 0.2) is 16.6 Å². The molecule has 0 unspecified atom stereocenters. The molecule has 1 heterocycles. The third kappa shape index (κ3) is 4.77. The van der Waals surface area contributed by atoms with Crippen LogP contribution in [0.2, 0.25) is 0 Å². The highest BCUT2D eigenvalue weighted by atomic mass is 32.1. The first kappa shape index (κ1) is 18.7. The Kier molecular flexibility index (Phi) is 5.93. The number of nitrogens with two attached hydrogens (primary N) is 1. The number of nitrogens with zero attached hydrogens (tertiary/aromatic N) is 1. The number of hydrogen-bond donors (Lipinski definition) is 2. The van der Waals surface area contributed by atoms with Gasteiger partial charge in [0.2, 0.25) is 5.91 Å². The third-order valence-corrected chi connectivity index (χ3v) is 4.80. The minimum atomic E-state index is -0.0806. The van der Waals surface area contributed by atoms with Gasteiger partial charge >= 0.3 is 0 Å². The Morgan fingerprint density at radius 3 is 2.56 bits per heavy atom. The molecule has 0 fully saturated rings. The molecule has 2 aromatic carbocycles. The maximum absolute atomic E-state index is 12.2. The van der Waals surface area contributed by atoms with Crippen molar-refractivity contribution < 1.29 is 14.3 Å². The highest BCUT2D eigenvalue weighted by Gasteiger charge is 2.10. The summed E-state index contributed by atoms with van der Waals surface area (Å²) < 4.78 is 10.5. The topological polar surface area (TPSA) is 86.5 Å². The van der Waals surface area contributed by atoms with E-state index in [2.05, 4.69) is 10.3 Å². The molecule has 0 spiro atoms. The SMILES string of the molecule is COc1ccc(CCC(=O)Nc2nc(-c3ccc(N)cc3)cs2)cc1OC. The van der Waals surface area contributed by atoms with Gasteiger partial charge in [-0.25, -0.2) is 4.98 Å². The molecule has 3 aromatic rings. The van der Waals surface area contributed by atoms with E-state index in [0.717, 1.165) is 16.8 Å². The van der Waals surface area contributed by atoms with Gasteiger partial charge in [0, 0.05) is 23.1 Å². The van der Waals surface area contributed by atoms with Gasteiger partial charge in [0.25, 0.3) is 0 Å². The Bertz CT molecular complexity index is 922. The predicted molar refractivity (Wildman–Crippen MR) is 108 cm³/mol. The molecule has 0 saturated heterocycles. The fourth-order valence-corrected chi connectivity index (χ4v) is 3.33. The number of aromatic nitrogens is 1. The first-order valence-electron chi connectivity index (χ1n) is 8.41. The van der Waals surface area contributed by atoms with E-state index in [-0.39, 0.29) is 5.91 Å². The molecule has 0 aliphatic carbocycles. The molecule has 140 valence electrons. The highest BCUT2D eigenvalue weighted by molar-refractivity contribution is 7.14. The van der Waals surface area contributed by atoms with Crippen molar-refractivity contribution in [2.75, 3.05) is 25.3 Å². The van der Waals surface area contributed by atoms with E-state index in [0.29, 0.717) is 35.2 Å². The van der Waals surface area contributed by atoms with Crippen molar-refractivity contribution in [3.8, 4) is 22.8 Å². The maximum atomic E-state index is 12.2. The average molecular weight is 383 g/mol. The number of rotatable bonds is 7. The van der Waals surface area contributed by atoms with Gasteiger partial charge in [0.05, 0.1) is 19.9 Å². The fraction of sp³-hybridized carbons (Fsp3) is 0.200. The highest BCUT2D eigenvalue weighted by Crippen LogP contribution is 2.28. The molecule has 0 aliphatic heterocycles. The molecule has 3 N–H and O–H groups in total. The van der Waals surface area contributed by atoms with E-state index >= 15 is 0 Å². The zero-order valence-electron chi connectivity index (χ0n) is 15.2. The molecule has 1 aromatic heterocycles. The molecular formula is C20H21N3O3S. The number of methoxy groups -OCH3 is 2. The van der Waals surface area contributed by atoms with Crippen molar-refractivity contribution in [2.45, 2.75) is 12.8 Å². The van der Waals surface area contributed by atoms with Crippen molar-refractivity contribution in [2.24, 2.45) is 0 Å². The van der Waals surface area contributed by atoms with Crippen LogP contribution in [0.5, 0.6) is 11.5 Å². The Morgan fingerprint density at radius 1 is 1.11 bits per heavy atom. The molecule has 0 bridgehead atoms. The van der Waals surface area contributed by atoms with Gasteiger partial charge in [-0.05, 0) is 36.2 Å². The second kappa shape index (κ2) is 8.55. The standard InChI is InChI=1S/C20H21N3O3S/c1-25-17-9-3-13(11-18(17)26-2)4-10-19(24)23-20-22-16(12-27-20)14-5-7-15(21)8-6-14/h3,5-9,11-12H,4,10,21H2,1-2H3,(H,22,23,24). The first-order valence-corrected chi connectivity index (χ1v) is 9.29. The summed E-state index contributed by atoms with van der Waals surface area (Å²) in [6.07, 6.45) is 0.953. The number of aryl methyl sites for hydroxylation is 1. The van der Waals surface area contributed by atoms with Crippen LogP contribution in [0, 0.1) is 0 Å². The summed E-state index contributed by atoms with van der Waals surface area (Å²) >= 11 is 1.40. The van der Waals surface area contributed by atoms with Crippen LogP contribution in [-0.2, 0) is 11.2 Å². The lowest BCUT2D eigenvalue weighted by Crippen LogP contribution is -2.12. The summed E-state index contributed by atoms with van der Waals surface area (Å²) in [5, 5.41) is 5.35. The minimum absolute atomic E-state index is 0.0806. The number of benzene rings is 2. The van der Waals surface area contributed by atoms with E-state index in [4.69, 9.17) is 15.2 Å². The summed E-state index contributed by atoms with van der Waals surface area (Å²) in [5.41, 5.74) is 9.19. The van der Waals surface area contributed by atoms with E-state index in [1.165, 1.54) is 11.3 Å². The number of carbonyl (C=O) groups excluding carboxylic acids is 1. The number of nitrogens with one attached hydrogen (secondary N) is 1. The van der Waals surface area contributed by atoms with Gasteiger partial charge < -0.3 is 20.5 Å². The maximum Gasteiger partial charge on any atom is 0.226 e. The molecule has 1 amide bonds. The van der Waals surface area contributed by atoms with Crippen LogP contribution in [0.25, 0.3) is 11.3 Å². The van der Waals surface area contributed by atoms with Crippen LogP contribution in [0.15, 0.2) is 47.8 Å². The van der Waals surface area contributed by atoms with E-state index in [9.17, 15) is 4.79 Å². The number of carbonyl (C=O) groups is 1. The van der Waals surface area contributed by atoms with Crippen molar-refractivity contribution >= 4 is 28.1 Å². The smallest absolute Gasteiger partial charge is 0.226 e. The summed E-state index contributed by atoms with van der Waals surface area (Å²) in [6.45, 7) is 0. The monoisotopic (exact) mass is 383 g/mol. The lowest BCUT2D eigenvalue weighted by molar-refractivity contribution is -0.116. The number of amides is 1. The molecule has 0 atom stereocenters. The number of nitrogen functional groups attached to an aromatic ring is 1. The zero-order valence-corrected chi connectivity index (χ0v) is 16.0. The van der Waals surface area contributed by atoms with Crippen molar-refractivity contribution in [3.05, 3.63) is 53.4 Å². The summed E-state index contributed by atoms with van der Waals surface area (Å²) in [5.74, 6) is 1.25. The number of ether oxygens (including phenoxy) is 2. The Morgan fingerprint density at radius 2 is 1.85 bits per heavy atom. The van der Waals surface area contributed by atoms with E-state index in [1.807, 2.05) is 47.8 Å². The predicted octanol–water partition coefficient (Wildman–Crippen LogP) is 3.98. The van der Waals surface area contributed by atoms with Gasteiger partial charge in [-0.1, -0.05) is 18.2 Å². The molecular weight excluding hydrogens is 362 g/mol. The van der Waals surface area contributed by atoms with Crippen LogP contribution >= 0.6 is 11.3 Å². The van der Waals surface area contributed by atoms with Crippen LogP contribution in [0.1, 0.15) is 12.0 Å². The molecule has 0 radical (unpaired) electrons. The van der Waals surface area contributed by atoms with Crippen molar-refractivity contribution in [1.29, 1.82) is 0 Å². The second-order valence-corrected chi connectivity index (χ2v) is 6.76. The Hall–Kier alpha value is -3.06. The quantitative estimate of drug-likeness (QED) is 0.603. The van der Waals surface area contributed by atoms with Crippen LogP contribution in [0.3, 0.4) is 0 Å². The summed E-state index contributed by atoms with van der Waals surface area (Å²) in [7, 11) is 3.19. The third-order valence-electron chi connectivity index (χ3n) is 4.05. The average Bonchev–Trinajstić information content (AvgIpc) is 3.15. The van der Waals surface area contributed by atoms with Gasteiger partial charge in [-0.3, -0.25) is 4.79 Å². The molecule has 7 heteroatoms. The molecule has 0 saturated carbocycles. The van der Waals surface area contributed by atoms with Gasteiger partial charge in [-0.15, -0.1) is 11.3 Å². The van der Waals surface area contributed by atoms with Crippen LogP contribution in [0.4, 0.5) is 10.8 Å². The second-order valence-electron chi connectivity index (χ2n) is 5.90. The number of anilines is 2. The lowest BCUT2D eigenvalue weighted by atomic mass is 10.1. The van der Waals surface area contributed by atoms with Gasteiger partial charge in [0.1, 0.15) is 0 Å². The molecule has 0 aliphatic rings. The number of hydrogen-bond acceptors (Lipinski definition) is 6. The Balaban J connectivity index is 1.58. The van der Waals surface area contributed by atoms with Gasteiger partial charge in [-0.2, -0.15) is 0 Å². The van der Waals surface area contributed by atoms with Crippen molar-refractivity contribution in [3.63, 3.8) is 0 Å². The molecule has 27 heavy (non-hydrogen) atoms. The van der Waals surface area contributed by atoms with Crippen LogP contribution < -0.4 is 20.5 Å². The Labute approximate surface area is 162 Å². The lowest BCUT2D eigenvalue weighted by Gasteiger charge is -2.09. The van der Waals surface area contributed by atoms with E-state index < -0.39 is 0 Å². The number of thiazole rings is 1. The molecule has 6 nitrogen and oxygen atoms in total. The largest absolute Gasteiger partial charge is 0.493 e. The summed E-state index contributed by atoms with van der Waals surface area (Å²) in [6, 6.07) is 13.1. The normalized spacial score (nSPS) is 10.4. The zero-order chi connectivity index (χ0) is 19.2. The first-order chi connectivity index (χ1) is 13.1. The van der Waals surface area contributed by atoms with E-state index in [1.54, 1.807) is 14.2 Å². The fourth-order valence-electron chi connectivity index (χ4n) is 2.59. The summed E-state index contributed by atoms with van der Waals surface area (Å²) in [4.78, 5) is 16.7. The van der Waals surface area contributed by atoms with Crippen LogP contribution in [-0.4, -0.2) is 25.1 Å². The molecule has 3 rings (SSSR count). The minimum Gasteiger partial charge on any atom is -0.493 e.